The minimum absolute atomic E-state index is 0.139. The molecular weight excluding hydrogens is 398 g/mol. The molecule has 0 aromatic heterocycles. The topological polar surface area (TPSA) is 83.1 Å². The third-order valence-corrected chi connectivity index (χ3v) is 6.74. The summed E-state index contributed by atoms with van der Waals surface area (Å²) >= 11 is 0. The van der Waals surface area contributed by atoms with Crippen LogP contribution in [0.5, 0.6) is 11.5 Å². The van der Waals surface area contributed by atoms with Gasteiger partial charge in [-0.15, -0.1) is 0 Å². The zero-order valence-electron chi connectivity index (χ0n) is 18.0. The molecule has 31 heavy (non-hydrogen) atoms. The van der Waals surface area contributed by atoms with Crippen molar-refractivity contribution in [3.05, 3.63) is 42.0 Å². The smallest absolute Gasteiger partial charge is 0.411 e. The fourth-order valence-electron chi connectivity index (χ4n) is 5.05. The molecule has 4 rings (SSSR count). The van der Waals surface area contributed by atoms with Gasteiger partial charge >= 0.3 is 12.1 Å². The van der Waals surface area contributed by atoms with Gasteiger partial charge in [0.15, 0.2) is 11.5 Å². The molecule has 166 valence electrons. The SMILES string of the molecule is C=C(COC(=O)Nc1ccc2c(c1)OCO2)[C@H]1CC[C@H](C)[C@@H]2CCC(C(=O)OC)=C[C@@H]21. The van der Waals surface area contributed by atoms with Crippen molar-refractivity contribution >= 4 is 17.7 Å². The fourth-order valence-corrected chi connectivity index (χ4v) is 5.05. The highest BCUT2D eigenvalue weighted by molar-refractivity contribution is 5.88. The predicted molar refractivity (Wildman–Crippen MR) is 115 cm³/mol. The van der Waals surface area contributed by atoms with E-state index in [1.165, 1.54) is 7.11 Å². The average Bonchev–Trinajstić information content (AvgIpc) is 3.25. The lowest BCUT2D eigenvalue weighted by Gasteiger charge is -2.44. The van der Waals surface area contributed by atoms with Crippen LogP contribution in [0.25, 0.3) is 0 Å². The van der Waals surface area contributed by atoms with E-state index in [0.29, 0.717) is 29.0 Å². The zero-order chi connectivity index (χ0) is 22.0. The van der Waals surface area contributed by atoms with Gasteiger partial charge in [-0.2, -0.15) is 0 Å². The lowest BCUT2D eigenvalue weighted by atomic mass is 9.61. The number of hydrogen-bond acceptors (Lipinski definition) is 6. The molecule has 1 aromatic carbocycles. The monoisotopic (exact) mass is 427 g/mol. The number of rotatable bonds is 5. The number of carbonyl (C=O) groups excluding carboxylic acids is 2. The maximum absolute atomic E-state index is 12.3. The van der Waals surface area contributed by atoms with Crippen molar-refractivity contribution < 1.29 is 28.5 Å². The highest BCUT2D eigenvalue weighted by atomic mass is 16.7. The Morgan fingerprint density at radius 3 is 2.81 bits per heavy atom. The van der Waals surface area contributed by atoms with Gasteiger partial charge in [0.1, 0.15) is 6.61 Å². The zero-order valence-corrected chi connectivity index (χ0v) is 18.0. The fraction of sp³-hybridized carbons (Fsp3) is 0.500. The number of benzene rings is 1. The van der Waals surface area contributed by atoms with Gasteiger partial charge in [0.05, 0.1) is 7.11 Å². The van der Waals surface area contributed by atoms with Gasteiger partial charge in [0.25, 0.3) is 0 Å². The Morgan fingerprint density at radius 1 is 1.19 bits per heavy atom. The molecule has 0 bridgehead atoms. The molecule has 4 atom stereocenters. The van der Waals surface area contributed by atoms with Crippen LogP contribution in [0.3, 0.4) is 0 Å². The second-order valence-corrected chi connectivity index (χ2v) is 8.55. The van der Waals surface area contributed by atoms with Crippen LogP contribution in [0.15, 0.2) is 42.0 Å². The van der Waals surface area contributed by atoms with E-state index < -0.39 is 6.09 Å². The summed E-state index contributed by atoms with van der Waals surface area (Å²) in [5.74, 6) is 2.50. The molecule has 7 heteroatoms. The van der Waals surface area contributed by atoms with E-state index in [9.17, 15) is 9.59 Å². The van der Waals surface area contributed by atoms with Crippen molar-refractivity contribution in [2.75, 3.05) is 25.8 Å². The molecule has 1 saturated carbocycles. The van der Waals surface area contributed by atoms with Crippen LogP contribution >= 0.6 is 0 Å². The Hall–Kier alpha value is -2.96. The second kappa shape index (κ2) is 9.04. The minimum Gasteiger partial charge on any atom is -0.466 e. The number of carbonyl (C=O) groups is 2. The number of methoxy groups -OCH3 is 1. The predicted octanol–water partition coefficient (Wildman–Crippen LogP) is 4.69. The van der Waals surface area contributed by atoms with E-state index in [0.717, 1.165) is 36.8 Å². The molecule has 0 radical (unpaired) electrons. The first-order valence-electron chi connectivity index (χ1n) is 10.8. The lowest BCUT2D eigenvalue weighted by Crippen LogP contribution is -2.37. The second-order valence-electron chi connectivity index (χ2n) is 8.55. The van der Waals surface area contributed by atoms with Crippen molar-refractivity contribution in [2.45, 2.75) is 32.6 Å². The molecule has 7 nitrogen and oxygen atoms in total. The van der Waals surface area contributed by atoms with Crippen LogP contribution in [-0.2, 0) is 14.3 Å². The van der Waals surface area contributed by atoms with Gasteiger partial charge in [-0.25, -0.2) is 9.59 Å². The Balaban J connectivity index is 1.37. The van der Waals surface area contributed by atoms with Gasteiger partial charge < -0.3 is 18.9 Å². The molecule has 2 aliphatic carbocycles. The van der Waals surface area contributed by atoms with E-state index in [1.54, 1.807) is 18.2 Å². The van der Waals surface area contributed by atoms with Crippen LogP contribution in [0.2, 0.25) is 0 Å². The summed E-state index contributed by atoms with van der Waals surface area (Å²) in [5.41, 5.74) is 2.20. The first-order valence-corrected chi connectivity index (χ1v) is 10.8. The molecular formula is C24H29NO6. The highest BCUT2D eigenvalue weighted by Gasteiger charge is 2.40. The van der Waals surface area contributed by atoms with Crippen molar-refractivity contribution in [2.24, 2.45) is 23.7 Å². The van der Waals surface area contributed by atoms with E-state index in [4.69, 9.17) is 18.9 Å². The van der Waals surface area contributed by atoms with Gasteiger partial charge in [0, 0.05) is 17.3 Å². The molecule has 0 spiro atoms. The molecule has 3 aliphatic rings. The number of amides is 1. The lowest BCUT2D eigenvalue weighted by molar-refractivity contribution is -0.136. The minimum atomic E-state index is -0.546. The summed E-state index contributed by atoms with van der Waals surface area (Å²) in [4.78, 5) is 24.3. The Bertz CT molecular complexity index is 907. The van der Waals surface area contributed by atoms with Gasteiger partial charge in [0.2, 0.25) is 6.79 Å². The summed E-state index contributed by atoms with van der Waals surface area (Å²) in [5, 5.41) is 2.71. The molecule has 0 unspecified atom stereocenters. The molecule has 1 fully saturated rings. The number of ether oxygens (including phenoxy) is 4. The van der Waals surface area contributed by atoms with Crippen molar-refractivity contribution in [1.29, 1.82) is 0 Å². The molecule has 1 aliphatic heterocycles. The normalized spacial score (nSPS) is 26.3. The summed E-state index contributed by atoms with van der Waals surface area (Å²) in [6.45, 7) is 6.82. The summed E-state index contributed by atoms with van der Waals surface area (Å²) in [6, 6.07) is 5.18. The highest BCUT2D eigenvalue weighted by Crippen LogP contribution is 2.47. The van der Waals surface area contributed by atoms with E-state index in [-0.39, 0.29) is 31.2 Å². The third-order valence-electron chi connectivity index (χ3n) is 6.74. The maximum atomic E-state index is 12.3. The van der Waals surface area contributed by atoms with E-state index in [2.05, 4.69) is 24.9 Å². The number of fused-ring (bicyclic) bond motifs is 2. The van der Waals surface area contributed by atoms with Crippen LogP contribution in [-0.4, -0.2) is 32.6 Å². The third kappa shape index (κ3) is 4.55. The van der Waals surface area contributed by atoms with Gasteiger partial charge in [-0.1, -0.05) is 19.6 Å². The van der Waals surface area contributed by atoms with Crippen LogP contribution < -0.4 is 14.8 Å². The van der Waals surface area contributed by atoms with Gasteiger partial charge in [-0.3, -0.25) is 5.32 Å². The number of allylic oxidation sites excluding steroid dienone is 1. The molecule has 0 saturated heterocycles. The number of nitrogens with one attached hydrogen (secondary N) is 1. The van der Waals surface area contributed by atoms with Crippen LogP contribution in [0.4, 0.5) is 10.5 Å². The molecule has 1 aromatic rings. The average molecular weight is 427 g/mol. The van der Waals surface area contributed by atoms with Crippen LogP contribution in [0.1, 0.15) is 32.6 Å². The van der Waals surface area contributed by atoms with Gasteiger partial charge in [-0.05, 0) is 67.1 Å². The number of hydrogen-bond donors (Lipinski definition) is 1. The standard InChI is InChI=1S/C24H29NO6/c1-14-4-7-19(20-10-16(23(26)28-3)5-8-18(14)20)15(2)12-29-24(27)25-17-6-9-21-22(11-17)31-13-30-21/h6,9-11,14,18-20H,2,4-5,7-8,12-13H2,1,3H3,(H,25,27)/t14-,18-,19+,20-/m0/s1. The number of anilines is 1. The van der Waals surface area contributed by atoms with E-state index in [1.807, 2.05) is 0 Å². The molecule has 1 amide bonds. The Kier molecular flexibility index (Phi) is 6.20. The largest absolute Gasteiger partial charge is 0.466 e. The van der Waals surface area contributed by atoms with Crippen molar-refractivity contribution in [3.63, 3.8) is 0 Å². The Labute approximate surface area is 182 Å². The maximum Gasteiger partial charge on any atom is 0.411 e. The first-order chi connectivity index (χ1) is 15.0. The quantitative estimate of drug-likeness (QED) is 0.542. The summed E-state index contributed by atoms with van der Waals surface area (Å²) in [6.07, 6.45) is 5.34. The van der Waals surface area contributed by atoms with Crippen molar-refractivity contribution in [3.8, 4) is 11.5 Å². The molecule has 1 N–H and O–H groups in total. The number of esters is 1. The van der Waals surface area contributed by atoms with E-state index >= 15 is 0 Å². The Morgan fingerprint density at radius 2 is 2.00 bits per heavy atom. The summed E-state index contributed by atoms with van der Waals surface area (Å²) in [7, 11) is 1.42. The van der Waals surface area contributed by atoms with Crippen LogP contribution in [0, 0.1) is 23.7 Å². The summed E-state index contributed by atoms with van der Waals surface area (Å²) < 4.78 is 21.0. The first kappa shape index (κ1) is 21.3. The van der Waals surface area contributed by atoms with Crippen molar-refractivity contribution in [1.82, 2.24) is 0 Å². The molecule has 1 heterocycles.